The van der Waals surface area contributed by atoms with E-state index in [2.05, 4.69) is 29.3 Å². The fourth-order valence-electron chi connectivity index (χ4n) is 2.93. The lowest BCUT2D eigenvalue weighted by molar-refractivity contribution is -0.116. The number of nitrogens with zero attached hydrogens (tertiary/aromatic N) is 2. The molecule has 1 aromatic heterocycles. The van der Waals surface area contributed by atoms with E-state index in [1.807, 2.05) is 36.4 Å². The van der Waals surface area contributed by atoms with Crippen LogP contribution in [0.5, 0.6) is 0 Å². The summed E-state index contributed by atoms with van der Waals surface area (Å²) >= 11 is 6.16. The molecule has 0 saturated carbocycles. The number of hydrogen-bond donors (Lipinski definition) is 1. The Hall–Kier alpha value is -2.66. The molecule has 0 fully saturated rings. The van der Waals surface area contributed by atoms with Crippen LogP contribution in [0.2, 0.25) is 5.02 Å². The van der Waals surface area contributed by atoms with Crippen LogP contribution in [0, 0.1) is 0 Å². The number of aromatic nitrogens is 2. The van der Waals surface area contributed by atoms with Gasteiger partial charge in [-0.05, 0) is 36.1 Å². The van der Waals surface area contributed by atoms with Gasteiger partial charge in [-0.25, -0.2) is 0 Å². The van der Waals surface area contributed by atoms with E-state index in [9.17, 15) is 4.79 Å². The van der Waals surface area contributed by atoms with Crippen molar-refractivity contribution < 1.29 is 9.32 Å². The largest absolute Gasteiger partial charge is 0.339 e. The van der Waals surface area contributed by atoms with Crippen molar-refractivity contribution in [2.24, 2.45) is 0 Å². The minimum absolute atomic E-state index is 0.0666. The van der Waals surface area contributed by atoms with E-state index >= 15 is 0 Å². The van der Waals surface area contributed by atoms with Gasteiger partial charge in [0.25, 0.3) is 0 Å². The van der Waals surface area contributed by atoms with E-state index in [-0.39, 0.29) is 12.3 Å². The van der Waals surface area contributed by atoms with Crippen molar-refractivity contribution in [3.05, 3.63) is 64.5 Å². The summed E-state index contributed by atoms with van der Waals surface area (Å²) in [5.74, 6) is 0.781. The van der Waals surface area contributed by atoms with Crippen molar-refractivity contribution in [3.8, 4) is 11.4 Å². The maximum absolute atomic E-state index is 12.4. The molecule has 0 aliphatic rings. The molecular weight excluding hydrogens is 362 g/mol. The molecule has 0 aliphatic carbocycles. The molecule has 2 aromatic carbocycles. The third kappa shape index (κ3) is 4.55. The minimum atomic E-state index is -0.0666. The Balaban J connectivity index is 1.65. The molecule has 0 spiro atoms. The van der Waals surface area contributed by atoms with Gasteiger partial charge < -0.3 is 9.84 Å². The zero-order valence-electron chi connectivity index (χ0n) is 15.5. The highest BCUT2D eigenvalue weighted by atomic mass is 35.5. The van der Waals surface area contributed by atoms with Gasteiger partial charge in [0.05, 0.1) is 5.02 Å². The van der Waals surface area contributed by atoms with E-state index in [1.54, 1.807) is 6.07 Å². The molecule has 5 nitrogen and oxygen atoms in total. The van der Waals surface area contributed by atoms with Gasteiger partial charge in [0.1, 0.15) is 0 Å². The first-order valence-corrected chi connectivity index (χ1v) is 9.48. The van der Waals surface area contributed by atoms with E-state index < -0.39 is 0 Å². The van der Waals surface area contributed by atoms with Crippen molar-refractivity contribution in [3.63, 3.8) is 0 Å². The molecule has 1 heterocycles. The summed E-state index contributed by atoms with van der Waals surface area (Å²) < 4.78 is 5.26. The van der Waals surface area contributed by atoms with Crippen LogP contribution in [-0.4, -0.2) is 16.0 Å². The van der Waals surface area contributed by atoms with Crippen molar-refractivity contribution in [2.75, 3.05) is 5.32 Å². The van der Waals surface area contributed by atoms with Gasteiger partial charge in [-0.2, -0.15) is 4.98 Å². The summed E-state index contributed by atoms with van der Waals surface area (Å²) in [6.45, 7) is 4.16. The summed E-state index contributed by atoms with van der Waals surface area (Å²) in [7, 11) is 0. The standard InChI is InChI=1S/C21H22ClN3O2/c1-3-14-8-7-9-15(4-2)20(14)23-18(26)12-13-19-24-21(25-27-19)16-10-5-6-11-17(16)22/h5-11H,3-4,12-13H2,1-2H3,(H,23,26). The SMILES string of the molecule is CCc1cccc(CC)c1NC(=O)CCc1nc(-c2ccccc2Cl)no1. The predicted molar refractivity (Wildman–Crippen MR) is 107 cm³/mol. The van der Waals surface area contributed by atoms with Gasteiger partial charge in [-0.1, -0.05) is 60.9 Å². The number of hydrogen-bond acceptors (Lipinski definition) is 4. The van der Waals surface area contributed by atoms with Crippen LogP contribution in [0.4, 0.5) is 5.69 Å². The van der Waals surface area contributed by atoms with Crippen molar-refractivity contribution >= 4 is 23.2 Å². The predicted octanol–water partition coefficient (Wildman–Crippen LogP) is 5.09. The number of nitrogens with one attached hydrogen (secondary N) is 1. The Morgan fingerprint density at radius 2 is 1.78 bits per heavy atom. The molecule has 0 bridgehead atoms. The van der Waals surface area contributed by atoms with E-state index in [1.165, 1.54) is 0 Å². The second kappa shape index (κ2) is 8.82. The molecule has 0 radical (unpaired) electrons. The van der Waals surface area contributed by atoms with Gasteiger partial charge in [0.2, 0.25) is 17.6 Å². The number of amides is 1. The van der Waals surface area contributed by atoms with Crippen molar-refractivity contribution in [2.45, 2.75) is 39.5 Å². The fourth-order valence-corrected chi connectivity index (χ4v) is 3.15. The molecule has 1 amide bonds. The molecule has 0 atom stereocenters. The molecule has 6 heteroatoms. The molecule has 0 unspecified atom stereocenters. The average Bonchev–Trinajstić information content (AvgIpc) is 3.15. The summed E-state index contributed by atoms with van der Waals surface area (Å²) in [4.78, 5) is 16.8. The second-order valence-corrected chi connectivity index (χ2v) is 6.61. The summed E-state index contributed by atoms with van der Waals surface area (Å²) in [5.41, 5.74) is 3.92. The van der Waals surface area contributed by atoms with Gasteiger partial charge in [0, 0.05) is 24.1 Å². The van der Waals surface area contributed by atoms with Crippen molar-refractivity contribution in [1.82, 2.24) is 10.1 Å². The third-order valence-corrected chi connectivity index (χ3v) is 4.74. The second-order valence-electron chi connectivity index (χ2n) is 6.20. The Morgan fingerprint density at radius 1 is 1.07 bits per heavy atom. The van der Waals surface area contributed by atoms with Crippen LogP contribution in [0.1, 0.15) is 37.3 Å². The monoisotopic (exact) mass is 383 g/mol. The lowest BCUT2D eigenvalue weighted by Crippen LogP contribution is -2.15. The van der Waals surface area contributed by atoms with E-state index in [0.29, 0.717) is 28.7 Å². The lowest BCUT2D eigenvalue weighted by atomic mass is 10.0. The van der Waals surface area contributed by atoms with Crippen LogP contribution >= 0.6 is 11.6 Å². The first-order valence-electron chi connectivity index (χ1n) is 9.10. The van der Waals surface area contributed by atoms with Crippen molar-refractivity contribution in [1.29, 1.82) is 0 Å². The quantitative estimate of drug-likeness (QED) is 0.617. The zero-order valence-corrected chi connectivity index (χ0v) is 16.2. The first-order chi connectivity index (χ1) is 13.1. The Kier molecular flexibility index (Phi) is 6.24. The van der Waals surface area contributed by atoms with Crippen LogP contribution in [0.15, 0.2) is 47.0 Å². The molecule has 3 aromatic rings. The number of carbonyl (C=O) groups excluding carboxylic acids is 1. The third-order valence-electron chi connectivity index (χ3n) is 4.41. The molecular formula is C21H22ClN3O2. The summed E-state index contributed by atoms with van der Waals surface area (Å²) in [6.07, 6.45) is 2.38. The topological polar surface area (TPSA) is 68.0 Å². The highest BCUT2D eigenvalue weighted by Gasteiger charge is 2.14. The smallest absolute Gasteiger partial charge is 0.227 e. The molecule has 0 aliphatic heterocycles. The minimum Gasteiger partial charge on any atom is -0.339 e. The molecule has 1 N–H and O–H groups in total. The maximum Gasteiger partial charge on any atom is 0.227 e. The average molecular weight is 384 g/mol. The molecule has 27 heavy (non-hydrogen) atoms. The zero-order chi connectivity index (χ0) is 19.2. The fraction of sp³-hybridized carbons (Fsp3) is 0.286. The number of anilines is 1. The maximum atomic E-state index is 12.4. The lowest BCUT2D eigenvalue weighted by Gasteiger charge is -2.14. The van der Waals surface area contributed by atoms with E-state index in [4.69, 9.17) is 16.1 Å². The van der Waals surface area contributed by atoms with Gasteiger partial charge in [-0.15, -0.1) is 0 Å². The Morgan fingerprint density at radius 3 is 2.44 bits per heavy atom. The highest BCUT2D eigenvalue weighted by molar-refractivity contribution is 6.33. The first kappa shape index (κ1) is 19.1. The van der Waals surface area contributed by atoms with Gasteiger partial charge in [-0.3, -0.25) is 4.79 Å². The molecule has 3 rings (SSSR count). The number of rotatable bonds is 7. The van der Waals surface area contributed by atoms with Gasteiger partial charge in [0.15, 0.2) is 0 Å². The number of para-hydroxylation sites is 1. The molecule has 0 saturated heterocycles. The number of halogens is 1. The number of benzene rings is 2. The number of aryl methyl sites for hydroxylation is 3. The summed E-state index contributed by atoms with van der Waals surface area (Å²) in [5, 5.41) is 7.57. The van der Waals surface area contributed by atoms with Crippen LogP contribution in [0.25, 0.3) is 11.4 Å². The van der Waals surface area contributed by atoms with Gasteiger partial charge >= 0.3 is 0 Å². The van der Waals surface area contributed by atoms with Crippen LogP contribution in [0.3, 0.4) is 0 Å². The number of carbonyl (C=O) groups is 1. The van der Waals surface area contributed by atoms with Crippen LogP contribution < -0.4 is 5.32 Å². The highest BCUT2D eigenvalue weighted by Crippen LogP contribution is 2.25. The van der Waals surface area contributed by atoms with Crippen LogP contribution in [-0.2, 0) is 24.1 Å². The van der Waals surface area contributed by atoms with E-state index in [0.717, 1.165) is 29.7 Å². The normalized spacial score (nSPS) is 10.8. The Bertz CT molecular complexity index is 914. The molecule has 140 valence electrons. The summed E-state index contributed by atoms with van der Waals surface area (Å²) in [6, 6.07) is 13.4. The Labute approximate surface area is 163 Å².